The topological polar surface area (TPSA) is 76.7 Å². The maximum Gasteiger partial charge on any atom is 0.265 e. The third kappa shape index (κ3) is 5.74. The van der Waals surface area contributed by atoms with Crippen LogP contribution in [-0.2, 0) is 4.79 Å². The van der Waals surface area contributed by atoms with E-state index in [-0.39, 0.29) is 17.9 Å². The molecular weight excluding hydrogens is 356 g/mol. The molecule has 2 N–H and O–H groups in total. The second kappa shape index (κ2) is 10.3. The Balaban J connectivity index is 2.10. The molecule has 2 atom stereocenters. The predicted molar refractivity (Wildman–Crippen MR) is 110 cm³/mol. The van der Waals surface area contributed by atoms with Crippen LogP contribution in [0.2, 0.25) is 0 Å². The van der Waals surface area contributed by atoms with Crippen molar-refractivity contribution in [2.75, 3.05) is 12.4 Å². The highest BCUT2D eigenvalue weighted by Crippen LogP contribution is 2.21. The Hall–Kier alpha value is -3.02. The number of benzene rings is 2. The monoisotopic (exact) mass is 384 g/mol. The van der Waals surface area contributed by atoms with Crippen LogP contribution < -0.4 is 20.1 Å². The fourth-order valence-corrected chi connectivity index (χ4v) is 2.55. The van der Waals surface area contributed by atoms with Crippen LogP contribution in [-0.4, -0.2) is 31.1 Å². The maximum absolute atomic E-state index is 12.7. The number of rotatable bonds is 9. The van der Waals surface area contributed by atoms with E-state index in [1.165, 1.54) is 0 Å². The van der Waals surface area contributed by atoms with Crippen molar-refractivity contribution in [3.05, 3.63) is 54.1 Å². The van der Waals surface area contributed by atoms with Crippen LogP contribution in [0.5, 0.6) is 11.5 Å². The minimum absolute atomic E-state index is 0.0538. The van der Waals surface area contributed by atoms with Crippen LogP contribution in [0.3, 0.4) is 0 Å². The van der Waals surface area contributed by atoms with Gasteiger partial charge < -0.3 is 20.1 Å². The molecule has 0 aromatic heterocycles. The highest BCUT2D eigenvalue weighted by atomic mass is 16.5. The Bertz CT molecular complexity index is 789. The van der Waals surface area contributed by atoms with Gasteiger partial charge in [-0.05, 0) is 56.2 Å². The Morgan fingerprint density at radius 3 is 2.21 bits per heavy atom. The Labute approximate surface area is 166 Å². The van der Waals surface area contributed by atoms with Crippen molar-refractivity contribution in [1.29, 1.82) is 0 Å². The summed E-state index contributed by atoms with van der Waals surface area (Å²) < 4.78 is 10.9. The molecule has 150 valence electrons. The number of carbonyl (C=O) groups is 2. The lowest BCUT2D eigenvalue weighted by atomic mass is 10.1. The number of anilines is 1. The summed E-state index contributed by atoms with van der Waals surface area (Å²) in [5.41, 5.74) is 0.889. The summed E-state index contributed by atoms with van der Waals surface area (Å²) in [5, 5.41) is 5.75. The van der Waals surface area contributed by atoms with Gasteiger partial charge in [-0.2, -0.15) is 0 Å². The number of nitrogens with one attached hydrogen (secondary N) is 2. The van der Waals surface area contributed by atoms with E-state index < -0.39 is 6.10 Å². The maximum atomic E-state index is 12.7. The fraction of sp³-hybridized carbons (Fsp3) is 0.364. The molecule has 0 fully saturated rings. The van der Waals surface area contributed by atoms with Gasteiger partial charge in [0.2, 0.25) is 0 Å². The van der Waals surface area contributed by atoms with Gasteiger partial charge in [-0.3, -0.25) is 9.59 Å². The molecule has 0 aliphatic carbocycles. The first-order valence-electron chi connectivity index (χ1n) is 9.49. The van der Waals surface area contributed by atoms with Crippen LogP contribution >= 0.6 is 0 Å². The number of ether oxygens (including phenoxy) is 2. The van der Waals surface area contributed by atoms with E-state index in [2.05, 4.69) is 10.6 Å². The third-order valence-electron chi connectivity index (χ3n) is 4.42. The van der Waals surface area contributed by atoms with E-state index in [0.717, 1.165) is 6.42 Å². The Kier molecular flexibility index (Phi) is 7.87. The van der Waals surface area contributed by atoms with Crippen LogP contribution in [0.4, 0.5) is 5.69 Å². The molecule has 2 aromatic rings. The highest BCUT2D eigenvalue weighted by Gasteiger charge is 2.21. The zero-order chi connectivity index (χ0) is 20.5. The number of hydrogen-bond acceptors (Lipinski definition) is 4. The largest absolute Gasteiger partial charge is 0.497 e. The quantitative estimate of drug-likeness (QED) is 0.685. The van der Waals surface area contributed by atoms with E-state index in [1.807, 2.05) is 20.8 Å². The van der Waals surface area contributed by atoms with Crippen LogP contribution in [0, 0.1) is 0 Å². The first-order chi connectivity index (χ1) is 13.5. The van der Waals surface area contributed by atoms with Gasteiger partial charge in [0.1, 0.15) is 11.5 Å². The summed E-state index contributed by atoms with van der Waals surface area (Å²) in [6, 6.07) is 14.1. The second-order valence-electron chi connectivity index (χ2n) is 6.51. The molecule has 0 unspecified atom stereocenters. The van der Waals surface area contributed by atoms with Gasteiger partial charge in [0.15, 0.2) is 6.10 Å². The number of amides is 2. The number of carbonyl (C=O) groups excluding carboxylic acids is 2. The van der Waals surface area contributed by atoms with Crippen LogP contribution in [0.15, 0.2) is 48.5 Å². The van der Waals surface area contributed by atoms with E-state index >= 15 is 0 Å². The zero-order valence-corrected chi connectivity index (χ0v) is 16.8. The van der Waals surface area contributed by atoms with Gasteiger partial charge >= 0.3 is 0 Å². The molecule has 28 heavy (non-hydrogen) atoms. The summed E-state index contributed by atoms with van der Waals surface area (Å²) >= 11 is 0. The van der Waals surface area contributed by atoms with Crippen molar-refractivity contribution >= 4 is 17.5 Å². The lowest BCUT2D eigenvalue weighted by molar-refractivity contribution is -0.122. The van der Waals surface area contributed by atoms with Crippen LogP contribution in [0.1, 0.15) is 44.0 Å². The van der Waals surface area contributed by atoms with Gasteiger partial charge in [0, 0.05) is 6.04 Å². The summed E-state index contributed by atoms with van der Waals surface area (Å²) in [6.45, 7) is 5.81. The standard InChI is InChI=1S/C22H28N2O4/c1-5-15(3)23-21(25)18-9-7-8-10-19(18)24-22(26)20(6-2)28-17-13-11-16(27-4)12-14-17/h7-15,20H,5-6H2,1-4H3,(H,23,25)(H,24,26)/t15-,20-/m0/s1. The number of para-hydroxylation sites is 1. The van der Waals surface area contributed by atoms with E-state index in [9.17, 15) is 9.59 Å². The normalized spacial score (nSPS) is 12.6. The molecule has 0 spiro atoms. The Morgan fingerprint density at radius 2 is 1.61 bits per heavy atom. The average Bonchev–Trinajstić information content (AvgIpc) is 2.72. The van der Waals surface area contributed by atoms with Gasteiger partial charge in [0.25, 0.3) is 11.8 Å². The van der Waals surface area contributed by atoms with Crippen molar-refractivity contribution in [2.45, 2.75) is 45.8 Å². The number of hydrogen-bond donors (Lipinski definition) is 2. The lowest BCUT2D eigenvalue weighted by Gasteiger charge is -2.19. The molecular formula is C22H28N2O4. The van der Waals surface area contributed by atoms with Crippen molar-refractivity contribution in [3.63, 3.8) is 0 Å². The van der Waals surface area contributed by atoms with Gasteiger partial charge in [-0.25, -0.2) is 0 Å². The summed E-state index contributed by atoms with van der Waals surface area (Å²) in [4.78, 5) is 25.2. The summed E-state index contributed by atoms with van der Waals surface area (Å²) in [6.07, 6.45) is 0.631. The van der Waals surface area contributed by atoms with Crippen molar-refractivity contribution in [2.24, 2.45) is 0 Å². The molecule has 2 amide bonds. The molecule has 6 heteroatoms. The van der Waals surface area contributed by atoms with Gasteiger partial charge in [-0.15, -0.1) is 0 Å². The van der Waals surface area contributed by atoms with Gasteiger partial charge in [0.05, 0.1) is 18.4 Å². The van der Waals surface area contributed by atoms with E-state index in [0.29, 0.717) is 29.2 Å². The molecule has 0 aliphatic rings. The first kappa shape index (κ1) is 21.3. The molecule has 0 heterocycles. The molecule has 6 nitrogen and oxygen atoms in total. The van der Waals surface area contributed by atoms with Crippen LogP contribution in [0.25, 0.3) is 0 Å². The minimum Gasteiger partial charge on any atom is -0.497 e. The fourth-order valence-electron chi connectivity index (χ4n) is 2.55. The highest BCUT2D eigenvalue weighted by molar-refractivity contribution is 6.04. The van der Waals surface area contributed by atoms with Crippen molar-refractivity contribution in [3.8, 4) is 11.5 Å². The molecule has 0 radical (unpaired) electrons. The summed E-state index contributed by atoms with van der Waals surface area (Å²) in [7, 11) is 1.59. The SMILES string of the molecule is CC[C@H](Oc1ccc(OC)cc1)C(=O)Nc1ccccc1C(=O)N[C@@H](C)CC. The van der Waals surface area contributed by atoms with Crippen molar-refractivity contribution in [1.82, 2.24) is 5.32 Å². The molecule has 0 aliphatic heterocycles. The van der Waals surface area contributed by atoms with E-state index in [1.54, 1.807) is 55.6 Å². The molecule has 0 saturated carbocycles. The third-order valence-corrected chi connectivity index (χ3v) is 4.42. The summed E-state index contributed by atoms with van der Waals surface area (Å²) in [5.74, 6) is 0.771. The predicted octanol–water partition coefficient (Wildman–Crippen LogP) is 4.02. The van der Waals surface area contributed by atoms with Crippen molar-refractivity contribution < 1.29 is 19.1 Å². The average molecular weight is 384 g/mol. The van der Waals surface area contributed by atoms with E-state index in [4.69, 9.17) is 9.47 Å². The minimum atomic E-state index is -0.681. The molecule has 2 rings (SSSR count). The Morgan fingerprint density at radius 1 is 0.964 bits per heavy atom. The smallest absolute Gasteiger partial charge is 0.265 e. The zero-order valence-electron chi connectivity index (χ0n) is 16.8. The molecule has 0 saturated heterocycles. The molecule has 2 aromatic carbocycles. The second-order valence-corrected chi connectivity index (χ2v) is 6.51. The molecule has 0 bridgehead atoms. The number of methoxy groups -OCH3 is 1. The lowest BCUT2D eigenvalue weighted by Crippen LogP contribution is -2.35. The van der Waals surface area contributed by atoms with Gasteiger partial charge in [-0.1, -0.05) is 26.0 Å². The first-order valence-corrected chi connectivity index (χ1v) is 9.49.